The minimum absolute atomic E-state index is 0.310. The van der Waals surface area contributed by atoms with Crippen molar-refractivity contribution >= 4 is 75.3 Å². The summed E-state index contributed by atoms with van der Waals surface area (Å²) in [5.74, 6) is 1.85. The Bertz CT molecular complexity index is 4030. The minimum Gasteiger partial charge on any atom is -0.456 e. The van der Waals surface area contributed by atoms with E-state index in [1.165, 1.54) is 47.4 Å². The molecule has 0 radical (unpaired) electrons. The number of hydrogen-bond acceptors (Lipinski definition) is 5. The van der Waals surface area contributed by atoms with Gasteiger partial charge in [0.15, 0.2) is 17.5 Å². The van der Waals surface area contributed by atoms with E-state index in [0.717, 1.165) is 66.6 Å². The van der Waals surface area contributed by atoms with Crippen molar-refractivity contribution in [2.75, 3.05) is 0 Å². The molecule has 66 heavy (non-hydrogen) atoms. The second-order valence-corrected chi connectivity index (χ2v) is 18.4. The highest BCUT2D eigenvalue weighted by atomic mass is 32.1. The van der Waals surface area contributed by atoms with Crippen LogP contribution in [-0.4, -0.2) is 19.5 Å². The summed E-state index contributed by atoms with van der Waals surface area (Å²) >= 11 is 1.83. The van der Waals surface area contributed by atoms with Crippen LogP contribution in [0.2, 0.25) is 0 Å². The number of nitrogens with zero attached hydrogens (tertiary/aromatic N) is 4. The highest BCUT2D eigenvalue weighted by Gasteiger charge is 2.19. The minimum atomic E-state index is 0.310. The van der Waals surface area contributed by atoms with Crippen LogP contribution in [0.25, 0.3) is 131 Å². The lowest BCUT2D eigenvalue weighted by Crippen LogP contribution is -2.00. The lowest BCUT2D eigenvalue weighted by atomic mass is 9.99. The Morgan fingerprint density at radius 3 is 1.65 bits per heavy atom. The van der Waals surface area contributed by atoms with E-state index < -0.39 is 0 Å². The van der Waals surface area contributed by atoms with Crippen molar-refractivity contribution in [1.82, 2.24) is 19.5 Å². The van der Waals surface area contributed by atoms with Crippen LogP contribution in [0.15, 0.2) is 205 Å². The van der Waals surface area contributed by atoms with Gasteiger partial charge in [-0.3, -0.25) is 0 Å². The van der Waals surface area contributed by atoms with Gasteiger partial charge in [-0.1, -0.05) is 146 Å². The zero-order chi connectivity index (χ0) is 43.9. The Balaban J connectivity index is 0.916. The van der Waals surface area contributed by atoms with Crippen LogP contribution >= 0.6 is 11.3 Å². The van der Waals surface area contributed by atoms with Gasteiger partial charge in [0.2, 0.25) is 0 Å². The molecule has 5 nitrogen and oxygen atoms in total. The summed E-state index contributed by atoms with van der Waals surface area (Å²) in [5, 5.41) is 7.36. The first-order valence-corrected chi connectivity index (χ1v) is 23.3. The van der Waals surface area contributed by atoms with Gasteiger partial charge in [0.25, 0.3) is 0 Å². The molecule has 312 valence electrons. The average molecular weight is 865 g/mol. The van der Waals surface area contributed by atoms with Crippen LogP contribution in [0.5, 0.6) is 0 Å². The number of furan rings is 1. The number of aromatic nitrogens is 4. The third-order valence-corrected chi connectivity index (χ3v) is 14.1. The largest absolute Gasteiger partial charge is 0.456 e. The van der Waals surface area contributed by atoms with E-state index in [4.69, 9.17) is 19.4 Å². The Labute approximate surface area is 384 Å². The van der Waals surface area contributed by atoms with E-state index in [1.54, 1.807) is 0 Å². The molecule has 0 saturated carbocycles. The van der Waals surface area contributed by atoms with E-state index in [1.807, 2.05) is 17.4 Å². The monoisotopic (exact) mass is 864 g/mol. The van der Waals surface area contributed by atoms with Crippen molar-refractivity contribution in [2.45, 2.75) is 19.9 Å². The van der Waals surface area contributed by atoms with Crippen LogP contribution in [0.4, 0.5) is 0 Å². The third kappa shape index (κ3) is 6.33. The summed E-state index contributed by atoms with van der Waals surface area (Å²) in [5.41, 5.74) is 13.7. The molecule has 9 aromatic carbocycles. The SMILES string of the molecule is CC(C)n1c2ccccc2c2ccc(-c3cccc(-c4nc(-c5ccc(-c6ccc7oc8ccc9sc%10ccccc%10c9c8c7c6)cc5)nc(-c5cccc(-c6ccccc6)c5)n4)c3)cc21. The first kappa shape index (κ1) is 38.3. The van der Waals surface area contributed by atoms with Crippen molar-refractivity contribution in [1.29, 1.82) is 0 Å². The second kappa shape index (κ2) is 15.2. The first-order valence-electron chi connectivity index (χ1n) is 22.4. The second-order valence-electron chi connectivity index (χ2n) is 17.3. The molecule has 0 N–H and O–H groups in total. The van der Waals surface area contributed by atoms with E-state index in [-0.39, 0.29) is 0 Å². The van der Waals surface area contributed by atoms with E-state index in [2.05, 4.69) is 213 Å². The summed E-state index contributed by atoms with van der Waals surface area (Å²) in [4.78, 5) is 15.6. The van der Waals surface area contributed by atoms with E-state index in [0.29, 0.717) is 23.5 Å². The summed E-state index contributed by atoms with van der Waals surface area (Å²) < 4.78 is 11.4. The smallest absolute Gasteiger partial charge is 0.164 e. The quantitative estimate of drug-likeness (QED) is 0.160. The molecule has 0 aliphatic heterocycles. The van der Waals surface area contributed by atoms with Gasteiger partial charge in [0, 0.05) is 75.5 Å². The van der Waals surface area contributed by atoms with Gasteiger partial charge < -0.3 is 8.98 Å². The Morgan fingerprint density at radius 1 is 0.364 bits per heavy atom. The molecule has 0 fully saturated rings. The van der Waals surface area contributed by atoms with Crippen molar-refractivity contribution in [3.05, 3.63) is 200 Å². The number of fused-ring (bicyclic) bond motifs is 10. The first-order chi connectivity index (χ1) is 32.5. The standard InChI is InChI=1S/C60H40N4OS/c1-36(2)64-50-20-8-6-18-46(50)47-28-26-43(35-51(47)64)41-15-11-17-45(33-41)60-62-58(61-59(63-60)44-16-10-14-40(32-44)37-12-4-3-5-13-37)39-24-22-38(23-25-39)42-27-29-52-49(34-42)56-53(65-52)30-31-55-57(56)48-19-7-9-21-54(48)66-55/h3-36H,1-2H3. The van der Waals surface area contributed by atoms with Crippen LogP contribution in [-0.2, 0) is 0 Å². The lowest BCUT2D eigenvalue weighted by molar-refractivity contribution is 0.642. The van der Waals surface area contributed by atoms with Gasteiger partial charge in [-0.2, -0.15) is 0 Å². The van der Waals surface area contributed by atoms with Crippen LogP contribution < -0.4 is 0 Å². The van der Waals surface area contributed by atoms with Crippen LogP contribution in [0.1, 0.15) is 19.9 Å². The molecule has 0 saturated heterocycles. The van der Waals surface area contributed by atoms with Gasteiger partial charge in [-0.05, 0) is 102 Å². The summed E-state index contributed by atoms with van der Waals surface area (Å²) in [6, 6.07) is 71.4. The van der Waals surface area contributed by atoms with Gasteiger partial charge in [-0.15, -0.1) is 11.3 Å². The van der Waals surface area contributed by atoms with Gasteiger partial charge >= 0.3 is 0 Å². The molecule has 0 amide bonds. The van der Waals surface area contributed by atoms with Crippen LogP contribution in [0.3, 0.4) is 0 Å². The number of para-hydroxylation sites is 1. The maximum Gasteiger partial charge on any atom is 0.164 e. The fourth-order valence-corrected chi connectivity index (χ4v) is 11.0. The fourth-order valence-electron chi connectivity index (χ4n) is 9.88. The lowest BCUT2D eigenvalue weighted by Gasteiger charge is -2.13. The van der Waals surface area contributed by atoms with Crippen molar-refractivity contribution < 1.29 is 4.42 Å². The predicted molar refractivity (Wildman–Crippen MR) is 276 cm³/mol. The zero-order valence-electron chi connectivity index (χ0n) is 36.2. The summed E-state index contributed by atoms with van der Waals surface area (Å²) in [6.07, 6.45) is 0. The summed E-state index contributed by atoms with van der Waals surface area (Å²) in [7, 11) is 0. The molecule has 4 aromatic heterocycles. The fraction of sp³-hybridized carbons (Fsp3) is 0.0500. The number of thiophene rings is 1. The van der Waals surface area contributed by atoms with Crippen molar-refractivity contribution in [3.63, 3.8) is 0 Å². The number of benzene rings is 9. The Hall–Kier alpha value is -8.19. The molecule has 4 heterocycles. The maximum atomic E-state index is 6.43. The average Bonchev–Trinajstić information content (AvgIpc) is 4.05. The summed E-state index contributed by atoms with van der Waals surface area (Å²) in [6.45, 7) is 4.51. The molecule has 0 atom stereocenters. The number of hydrogen-bond donors (Lipinski definition) is 0. The molecular formula is C60H40N4OS. The zero-order valence-corrected chi connectivity index (χ0v) is 37.1. The highest BCUT2D eigenvalue weighted by molar-refractivity contribution is 7.26. The third-order valence-electron chi connectivity index (χ3n) is 13.0. The molecule has 6 heteroatoms. The molecule has 13 aromatic rings. The van der Waals surface area contributed by atoms with Gasteiger partial charge in [0.1, 0.15) is 11.2 Å². The molecule has 0 aliphatic rings. The topological polar surface area (TPSA) is 56.7 Å². The van der Waals surface area contributed by atoms with Crippen molar-refractivity contribution in [2.24, 2.45) is 0 Å². The van der Waals surface area contributed by atoms with E-state index >= 15 is 0 Å². The predicted octanol–water partition coefficient (Wildman–Crippen LogP) is 16.8. The van der Waals surface area contributed by atoms with Crippen molar-refractivity contribution in [3.8, 4) is 67.5 Å². The molecule has 0 bridgehead atoms. The molecule has 0 unspecified atom stereocenters. The van der Waals surface area contributed by atoms with Gasteiger partial charge in [0.05, 0.1) is 0 Å². The molecule has 0 spiro atoms. The Kier molecular flexibility index (Phi) is 8.83. The van der Waals surface area contributed by atoms with Gasteiger partial charge in [-0.25, -0.2) is 15.0 Å². The molecule has 0 aliphatic carbocycles. The van der Waals surface area contributed by atoms with Crippen LogP contribution in [0, 0.1) is 0 Å². The molecule has 13 rings (SSSR count). The normalized spacial score (nSPS) is 11.9. The van der Waals surface area contributed by atoms with E-state index in [9.17, 15) is 0 Å². The molecular weight excluding hydrogens is 825 g/mol. The number of rotatable bonds is 7. The highest BCUT2D eigenvalue weighted by Crippen LogP contribution is 2.43. The Morgan fingerprint density at radius 2 is 0.894 bits per heavy atom. The maximum absolute atomic E-state index is 6.43.